The maximum Gasteiger partial charge on any atom is 0.274 e. The highest BCUT2D eigenvalue weighted by atomic mass is 16.2. The number of amides is 1. The van der Waals surface area contributed by atoms with E-state index in [0.717, 1.165) is 37.6 Å². The van der Waals surface area contributed by atoms with Crippen LogP contribution in [-0.2, 0) is 6.42 Å². The predicted octanol–water partition coefficient (Wildman–Crippen LogP) is 1.11. The van der Waals surface area contributed by atoms with Gasteiger partial charge in [0, 0.05) is 44.3 Å². The van der Waals surface area contributed by atoms with Crippen LogP contribution in [0.5, 0.6) is 0 Å². The molecule has 0 atom stereocenters. The van der Waals surface area contributed by atoms with Gasteiger partial charge < -0.3 is 9.80 Å². The maximum atomic E-state index is 12.5. The summed E-state index contributed by atoms with van der Waals surface area (Å²) in [5.74, 6) is 0.715. The predicted molar refractivity (Wildman–Crippen MR) is 82.7 cm³/mol. The molecule has 22 heavy (non-hydrogen) atoms. The first-order chi connectivity index (χ1) is 10.8. The van der Waals surface area contributed by atoms with Crippen molar-refractivity contribution >= 4 is 11.9 Å². The summed E-state index contributed by atoms with van der Waals surface area (Å²) in [6.07, 6.45) is 5.42. The van der Waals surface area contributed by atoms with E-state index < -0.39 is 0 Å². The second-order valence-corrected chi connectivity index (χ2v) is 5.36. The minimum Gasteiger partial charge on any atom is -0.337 e. The molecule has 0 aromatic carbocycles. The quantitative estimate of drug-likeness (QED) is 0.915. The third-order valence-electron chi connectivity index (χ3n) is 3.77. The first kappa shape index (κ1) is 14.5. The van der Waals surface area contributed by atoms with Crippen LogP contribution in [0.15, 0.2) is 24.5 Å². The summed E-state index contributed by atoms with van der Waals surface area (Å²) in [6.45, 7) is 4.90. The van der Waals surface area contributed by atoms with Gasteiger partial charge in [-0.3, -0.25) is 9.89 Å². The van der Waals surface area contributed by atoms with Crippen LogP contribution < -0.4 is 4.90 Å². The molecule has 0 saturated carbocycles. The molecule has 1 amide bonds. The first-order valence-corrected chi connectivity index (χ1v) is 7.63. The number of nitrogens with zero attached hydrogens (tertiary/aromatic N) is 5. The van der Waals surface area contributed by atoms with Crippen LogP contribution in [0.1, 0.15) is 29.5 Å². The fraction of sp³-hybridized carbons (Fsp3) is 0.467. The molecule has 0 aliphatic carbocycles. The average molecular weight is 300 g/mol. The molecule has 0 unspecified atom stereocenters. The number of aromatic nitrogens is 4. The van der Waals surface area contributed by atoms with E-state index in [4.69, 9.17) is 0 Å². The zero-order chi connectivity index (χ0) is 15.4. The molecule has 7 nitrogen and oxygen atoms in total. The lowest BCUT2D eigenvalue weighted by molar-refractivity contribution is 0.0740. The Morgan fingerprint density at radius 1 is 1.23 bits per heavy atom. The van der Waals surface area contributed by atoms with Gasteiger partial charge in [-0.2, -0.15) is 5.10 Å². The number of hydrogen-bond donors (Lipinski definition) is 1. The largest absolute Gasteiger partial charge is 0.337 e. The topological polar surface area (TPSA) is 78.0 Å². The molecule has 2 aromatic heterocycles. The van der Waals surface area contributed by atoms with Gasteiger partial charge in [-0.25, -0.2) is 9.97 Å². The van der Waals surface area contributed by atoms with E-state index in [1.165, 1.54) is 0 Å². The SMILES string of the molecule is CCCc1cc(C(=O)N2CCN(c3ncccn3)CC2)n[nH]1. The maximum absolute atomic E-state index is 12.5. The second-order valence-electron chi connectivity index (χ2n) is 5.36. The lowest BCUT2D eigenvalue weighted by atomic mass is 10.2. The molecule has 0 spiro atoms. The summed E-state index contributed by atoms with van der Waals surface area (Å²) in [5, 5.41) is 7.07. The Labute approximate surface area is 129 Å². The lowest BCUT2D eigenvalue weighted by Gasteiger charge is -2.34. The fourth-order valence-corrected chi connectivity index (χ4v) is 2.59. The van der Waals surface area contributed by atoms with Crippen molar-refractivity contribution in [3.8, 4) is 0 Å². The van der Waals surface area contributed by atoms with Crippen molar-refractivity contribution in [1.29, 1.82) is 0 Å². The van der Waals surface area contributed by atoms with E-state index in [9.17, 15) is 4.79 Å². The third kappa shape index (κ3) is 3.08. The molecule has 1 N–H and O–H groups in total. The zero-order valence-corrected chi connectivity index (χ0v) is 12.7. The number of carbonyl (C=O) groups excluding carboxylic acids is 1. The number of rotatable bonds is 4. The molecule has 1 fully saturated rings. The third-order valence-corrected chi connectivity index (χ3v) is 3.77. The number of hydrogen-bond acceptors (Lipinski definition) is 5. The summed E-state index contributed by atoms with van der Waals surface area (Å²) in [4.78, 5) is 24.9. The summed E-state index contributed by atoms with van der Waals surface area (Å²) in [7, 11) is 0. The first-order valence-electron chi connectivity index (χ1n) is 7.63. The molecule has 2 aromatic rings. The van der Waals surface area contributed by atoms with Crippen LogP contribution in [0.25, 0.3) is 0 Å². The van der Waals surface area contributed by atoms with E-state index in [1.807, 2.05) is 11.0 Å². The van der Waals surface area contributed by atoms with Gasteiger partial charge in [0.2, 0.25) is 5.95 Å². The van der Waals surface area contributed by atoms with Gasteiger partial charge in [-0.15, -0.1) is 0 Å². The van der Waals surface area contributed by atoms with E-state index in [2.05, 4.69) is 32.0 Å². The molecule has 3 rings (SSSR count). The van der Waals surface area contributed by atoms with Crippen molar-refractivity contribution in [2.75, 3.05) is 31.1 Å². The molecule has 1 aliphatic rings. The van der Waals surface area contributed by atoms with Crippen LogP contribution >= 0.6 is 0 Å². The number of aryl methyl sites for hydroxylation is 1. The number of piperazine rings is 1. The lowest BCUT2D eigenvalue weighted by Crippen LogP contribution is -2.49. The normalized spacial score (nSPS) is 15.1. The molecule has 0 radical (unpaired) electrons. The van der Waals surface area contributed by atoms with Gasteiger partial charge in [0.1, 0.15) is 5.69 Å². The summed E-state index contributed by atoms with van der Waals surface area (Å²) in [6, 6.07) is 3.66. The van der Waals surface area contributed by atoms with Gasteiger partial charge in [-0.1, -0.05) is 13.3 Å². The summed E-state index contributed by atoms with van der Waals surface area (Å²) in [5.41, 5.74) is 1.52. The number of nitrogens with one attached hydrogen (secondary N) is 1. The number of aromatic amines is 1. The number of H-pyrrole nitrogens is 1. The van der Waals surface area contributed by atoms with Crippen molar-refractivity contribution in [2.24, 2.45) is 0 Å². The van der Waals surface area contributed by atoms with Gasteiger partial charge >= 0.3 is 0 Å². The Morgan fingerprint density at radius 2 is 1.95 bits per heavy atom. The Kier molecular flexibility index (Phi) is 4.32. The van der Waals surface area contributed by atoms with Crippen molar-refractivity contribution in [3.05, 3.63) is 35.9 Å². The molecular formula is C15H20N6O. The van der Waals surface area contributed by atoms with E-state index in [-0.39, 0.29) is 5.91 Å². The molecule has 1 saturated heterocycles. The fourth-order valence-electron chi connectivity index (χ4n) is 2.59. The smallest absolute Gasteiger partial charge is 0.274 e. The molecule has 7 heteroatoms. The number of anilines is 1. The van der Waals surface area contributed by atoms with E-state index in [1.54, 1.807) is 18.5 Å². The highest BCUT2D eigenvalue weighted by molar-refractivity contribution is 5.92. The van der Waals surface area contributed by atoms with Gasteiger partial charge in [0.05, 0.1) is 0 Å². The van der Waals surface area contributed by atoms with Gasteiger partial charge in [0.15, 0.2) is 0 Å². The highest BCUT2D eigenvalue weighted by Gasteiger charge is 2.24. The van der Waals surface area contributed by atoms with Crippen LogP contribution in [0.3, 0.4) is 0 Å². The second kappa shape index (κ2) is 6.55. The molecule has 0 bridgehead atoms. The minimum atomic E-state index is -0.00719. The van der Waals surface area contributed by atoms with Crippen LogP contribution in [0, 0.1) is 0 Å². The Balaban J connectivity index is 1.59. The van der Waals surface area contributed by atoms with Crippen molar-refractivity contribution in [3.63, 3.8) is 0 Å². The van der Waals surface area contributed by atoms with Crippen molar-refractivity contribution in [2.45, 2.75) is 19.8 Å². The van der Waals surface area contributed by atoms with E-state index in [0.29, 0.717) is 18.8 Å². The Morgan fingerprint density at radius 3 is 2.64 bits per heavy atom. The summed E-state index contributed by atoms with van der Waals surface area (Å²) >= 11 is 0. The van der Waals surface area contributed by atoms with Crippen LogP contribution in [-0.4, -0.2) is 57.2 Å². The Bertz CT molecular complexity index is 618. The Hall–Kier alpha value is -2.44. The molecule has 3 heterocycles. The van der Waals surface area contributed by atoms with E-state index >= 15 is 0 Å². The highest BCUT2D eigenvalue weighted by Crippen LogP contribution is 2.12. The van der Waals surface area contributed by atoms with Gasteiger partial charge in [-0.05, 0) is 18.6 Å². The zero-order valence-electron chi connectivity index (χ0n) is 12.7. The monoisotopic (exact) mass is 300 g/mol. The van der Waals surface area contributed by atoms with Gasteiger partial charge in [0.25, 0.3) is 5.91 Å². The average Bonchev–Trinajstić information content (AvgIpc) is 3.04. The minimum absolute atomic E-state index is 0.00719. The molecule has 1 aliphatic heterocycles. The van der Waals surface area contributed by atoms with Crippen molar-refractivity contribution < 1.29 is 4.79 Å². The molecular weight excluding hydrogens is 280 g/mol. The standard InChI is InChI=1S/C15H20N6O/c1-2-4-12-11-13(19-18-12)14(22)20-7-9-21(10-8-20)15-16-5-3-6-17-15/h3,5-6,11H,2,4,7-10H2,1H3,(H,18,19). The van der Waals surface area contributed by atoms with Crippen LogP contribution in [0.2, 0.25) is 0 Å². The summed E-state index contributed by atoms with van der Waals surface area (Å²) < 4.78 is 0. The molecule has 116 valence electrons. The number of carbonyl (C=O) groups is 1. The van der Waals surface area contributed by atoms with Crippen molar-refractivity contribution in [1.82, 2.24) is 25.1 Å². The van der Waals surface area contributed by atoms with Crippen LogP contribution in [0.4, 0.5) is 5.95 Å².